The van der Waals surface area contributed by atoms with Gasteiger partial charge in [-0.05, 0) is 18.6 Å². The summed E-state index contributed by atoms with van der Waals surface area (Å²) in [6, 6.07) is 4.52. The molecule has 0 fully saturated rings. The number of rotatable bonds is 6. The molecule has 0 bridgehead atoms. The minimum Gasteiger partial charge on any atom is -0.482 e. The Kier molecular flexibility index (Phi) is 6.25. The van der Waals surface area contributed by atoms with Gasteiger partial charge in [-0.25, -0.2) is 0 Å². The zero-order valence-corrected chi connectivity index (χ0v) is 11.5. The van der Waals surface area contributed by atoms with E-state index in [1.54, 1.807) is 18.2 Å². The minimum absolute atomic E-state index is 0.0971. The van der Waals surface area contributed by atoms with Crippen LogP contribution < -0.4 is 10.1 Å². The molecule has 0 saturated heterocycles. The molecular formula is C12H15Cl2NO3. The largest absolute Gasteiger partial charge is 0.482 e. The Morgan fingerprint density at radius 3 is 2.83 bits per heavy atom. The van der Waals surface area contributed by atoms with Gasteiger partial charge >= 0.3 is 0 Å². The number of carbonyl (C=O) groups is 1. The predicted molar refractivity (Wildman–Crippen MR) is 71.3 cm³/mol. The lowest BCUT2D eigenvalue weighted by atomic mass is 10.2. The summed E-state index contributed by atoms with van der Waals surface area (Å²) in [7, 11) is 0. The van der Waals surface area contributed by atoms with Gasteiger partial charge in [0.25, 0.3) is 5.91 Å². The van der Waals surface area contributed by atoms with Gasteiger partial charge in [-0.15, -0.1) is 0 Å². The Hall–Kier alpha value is -0.970. The molecule has 100 valence electrons. The summed E-state index contributed by atoms with van der Waals surface area (Å²) in [5.41, 5.74) is 0. The average Bonchev–Trinajstić information content (AvgIpc) is 2.37. The number of ether oxygens (including phenoxy) is 1. The Bertz CT molecular complexity index is 408. The lowest BCUT2D eigenvalue weighted by Gasteiger charge is -2.14. The normalized spacial score (nSPS) is 12.0. The van der Waals surface area contributed by atoms with Crippen molar-refractivity contribution < 1.29 is 14.6 Å². The summed E-state index contributed by atoms with van der Waals surface area (Å²) in [5.74, 6) is 0.0447. The smallest absolute Gasteiger partial charge is 0.258 e. The summed E-state index contributed by atoms with van der Waals surface area (Å²) in [5, 5.41) is 12.5. The van der Waals surface area contributed by atoms with Crippen molar-refractivity contribution in [1.29, 1.82) is 0 Å². The molecule has 0 saturated carbocycles. The Balaban J connectivity index is 2.49. The van der Waals surface area contributed by atoms with Crippen molar-refractivity contribution in [2.75, 3.05) is 13.2 Å². The van der Waals surface area contributed by atoms with E-state index in [1.807, 2.05) is 6.92 Å². The van der Waals surface area contributed by atoms with Gasteiger partial charge < -0.3 is 15.2 Å². The zero-order valence-electron chi connectivity index (χ0n) is 9.95. The topological polar surface area (TPSA) is 58.6 Å². The van der Waals surface area contributed by atoms with Crippen LogP contribution in [0.15, 0.2) is 18.2 Å². The van der Waals surface area contributed by atoms with Gasteiger partial charge in [0.05, 0.1) is 17.7 Å². The van der Waals surface area contributed by atoms with Crippen molar-refractivity contribution in [2.45, 2.75) is 19.4 Å². The number of aliphatic hydroxyl groups excluding tert-OH is 1. The zero-order chi connectivity index (χ0) is 13.5. The summed E-state index contributed by atoms with van der Waals surface area (Å²) in [6.07, 6.45) is 0.653. The highest BCUT2D eigenvalue weighted by atomic mass is 35.5. The Morgan fingerprint density at radius 2 is 2.22 bits per heavy atom. The van der Waals surface area contributed by atoms with Crippen LogP contribution in [0.2, 0.25) is 10.0 Å². The van der Waals surface area contributed by atoms with Gasteiger partial charge in [0.1, 0.15) is 5.75 Å². The van der Waals surface area contributed by atoms with Crippen molar-refractivity contribution in [3.8, 4) is 5.75 Å². The molecule has 0 aliphatic carbocycles. The maximum atomic E-state index is 11.5. The summed E-state index contributed by atoms with van der Waals surface area (Å²) in [6.45, 7) is 1.60. The number of aliphatic hydroxyl groups is 1. The van der Waals surface area contributed by atoms with Crippen LogP contribution in [0.25, 0.3) is 0 Å². The molecule has 0 aliphatic heterocycles. The third kappa shape index (κ3) is 4.72. The second-order valence-electron chi connectivity index (χ2n) is 3.72. The molecule has 1 rings (SSSR count). The van der Waals surface area contributed by atoms with Crippen molar-refractivity contribution in [3.63, 3.8) is 0 Å². The second kappa shape index (κ2) is 7.46. The monoisotopic (exact) mass is 291 g/mol. The number of nitrogens with one attached hydrogen (secondary N) is 1. The first-order chi connectivity index (χ1) is 8.56. The lowest BCUT2D eigenvalue weighted by Crippen LogP contribution is -2.39. The van der Waals surface area contributed by atoms with Gasteiger partial charge in [-0.3, -0.25) is 4.79 Å². The summed E-state index contributed by atoms with van der Waals surface area (Å²) in [4.78, 5) is 11.5. The molecule has 1 atom stereocenters. The number of carbonyl (C=O) groups excluding carboxylic acids is 1. The summed E-state index contributed by atoms with van der Waals surface area (Å²) < 4.78 is 5.26. The fourth-order valence-corrected chi connectivity index (χ4v) is 1.61. The lowest BCUT2D eigenvalue weighted by molar-refractivity contribution is -0.124. The van der Waals surface area contributed by atoms with Crippen LogP contribution in [0, 0.1) is 0 Å². The standard InChI is InChI=1S/C12H15Cl2NO3/c1-2-9(6-16)15-12(17)7-18-11-5-8(13)3-4-10(11)14/h3-5,9,16H,2,6-7H2,1H3,(H,15,17). The molecule has 0 aromatic heterocycles. The Morgan fingerprint density at radius 1 is 1.50 bits per heavy atom. The van der Waals surface area contributed by atoms with E-state index >= 15 is 0 Å². The molecule has 0 aliphatic rings. The first-order valence-electron chi connectivity index (χ1n) is 5.54. The molecule has 18 heavy (non-hydrogen) atoms. The molecule has 1 amide bonds. The number of hydrogen-bond donors (Lipinski definition) is 2. The SMILES string of the molecule is CCC(CO)NC(=O)COc1cc(Cl)ccc1Cl. The molecule has 1 aromatic carbocycles. The van der Waals surface area contributed by atoms with Gasteiger partial charge in [0, 0.05) is 11.1 Å². The van der Waals surface area contributed by atoms with Crippen LogP contribution in [-0.2, 0) is 4.79 Å². The first-order valence-corrected chi connectivity index (χ1v) is 6.30. The molecule has 6 heteroatoms. The van der Waals surface area contributed by atoms with E-state index in [0.717, 1.165) is 0 Å². The molecule has 0 spiro atoms. The molecule has 1 unspecified atom stereocenters. The van der Waals surface area contributed by atoms with Crippen LogP contribution in [0.4, 0.5) is 0 Å². The van der Waals surface area contributed by atoms with Crippen LogP contribution in [0.3, 0.4) is 0 Å². The highest BCUT2D eigenvalue weighted by molar-refractivity contribution is 6.34. The maximum Gasteiger partial charge on any atom is 0.258 e. The number of hydrogen-bond acceptors (Lipinski definition) is 3. The minimum atomic E-state index is -0.313. The number of benzene rings is 1. The first kappa shape index (κ1) is 15.1. The van der Waals surface area contributed by atoms with Crippen molar-refractivity contribution in [2.24, 2.45) is 0 Å². The van der Waals surface area contributed by atoms with E-state index in [0.29, 0.717) is 22.2 Å². The third-order valence-electron chi connectivity index (χ3n) is 2.33. The fraction of sp³-hybridized carbons (Fsp3) is 0.417. The molecular weight excluding hydrogens is 277 g/mol. The number of halogens is 2. The van der Waals surface area contributed by atoms with Crippen LogP contribution in [0.5, 0.6) is 5.75 Å². The van der Waals surface area contributed by atoms with Crippen LogP contribution in [-0.4, -0.2) is 30.3 Å². The second-order valence-corrected chi connectivity index (χ2v) is 4.56. The highest BCUT2D eigenvalue weighted by Gasteiger charge is 2.10. The summed E-state index contributed by atoms with van der Waals surface area (Å²) >= 11 is 11.7. The van der Waals surface area contributed by atoms with Crippen LogP contribution in [0.1, 0.15) is 13.3 Å². The molecule has 4 nitrogen and oxygen atoms in total. The fourth-order valence-electron chi connectivity index (χ4n) is 1.28. The van der Waals surface area contributed by atoms with Gasteiger partial charge in [0.15, 0.2) is 6.61 Å². The van der Waals surface area contributed by atoms with E-state index < -0.39 is 0 Å². The van der Waals surface area contributed by atoms with Gasteiger partial charge in [-0.1, -0.05) is 30.1 Å². The number of amides is 1. The third-order valence-corrected chi connectivity index (χ3v) is 2.88. The maximum absolute atomic E-state index is 11.5. The van der Waals surface area contributed by atoms with Crippen molar-refractivity contribution in [1.82, 2.24) is 5.32 Å². The molecule has 0 radical (unpaired) electrons. The molecule has 1 aromatic rings. The van der Waals surface area contributed by atoms with Gasteiger partial charge in [0.2, 0.25) is 0 Å². The van der Waals surface area contributed by atoms with E-state index in [4.69, 9.17) is 33.0 Å². The Labute approximate surface area is 116 Å². The molecule has 2 N–H and O–H groups in total. The van der Waals surface area contributed by atoms with Crippen molar-refractivity contribution >= 4 is 29.1 Å². The van der Waals surface area contributed by atoms with E-state index in [1.165, 1.54) is 0 Å². The van der Waals surface area contributed by atoms with Crippen molar-refractivity contribution in [3.05, 3.63) is 28.2 Å². The average molecular weight is 292 g/mol. The highest BCUT2D eigenvalue weighted by Crippen LogP contribution is 2.27. The van der Waals surface area contributed by atoms with Crippen LogP contribution >= 0.6 is 23.2 Å². The predicted octanol–water partition coefficient (Wildman–Crippen LogP) is 2.26. The van der Waals surface area contributed by atoms with E-state index in [-0.39, 0.29) is 25.2 Å². The van der Waals surface area contributed by atoms with E-state index in [2.05, 4.69) is 5.32 Å². The molecule has 0 heterocycles. The quantitative estimate of drug-likeness (QED) is 0.845. The van der Waals surface area contributed by atoms with Gasteiger partial charge in [-0.2, -0.15) is 0 Å². The van der Waals surface area contributed by atoms with E-state index in [9.17, 15) is 4.79 Å².